The second kappa shape index (κ2) is 7.95. The molecule has 0 saturated heterocycles. The number of nitrogens with one attached hydrogen (secondary N) is 1. The minimum absolute atomic E-state index is 0.0585. The largest absolute Gasteiger partial charge is 0.453 e. The first-order valence-corrected chi connectivity index (χ1v) is 9.71. The molecule has 2 aromatic carbocycles. The van der Waals surface area contributed by atoms with E-state index in [0.717, 1.165) is 12.1 Å². The predicted molar refractivity (Wildman–Crippen MR) is 113 cm³/mol. The number of aromatic nitrogens is 1. The van der Waals surface area contributed by atoms with Crippen LogP contribution in [-0.2, 0) is 0 Å². The molecule has 1 N–H and O–H groups in total. The minimum atomic E-state index is -2.81. The molecule has 6 nitrogen and oxygen atoms in total. The zero-order chi connectivity index (χ0) is 22.3. The molecule has 0 bridgehead atoms. The van der Waals surface area contributed by atoms with Crippen LogP contribution in [-0.4, -0.2) is 29.1 Å². The van der Waals surface area contributed by atoms with Crippen LogP contribution in [0.1, 0.15) is 10.4 Å². The van der Waals surface area contributed by atoms with E-state index in [1.807, 2.05) is 0 Å². The Morgan fingerprint density at radius 1 is 1.26 bits per heavy atom. The summed E-state index contributed by atoms with van der Waals surface area (Å²) in [6.45, 7) is 3.22. The number of hydrogen-bond acceptors (Lipinski definition) is 5. The molecule has 2 heterocycles. The Hall–Kier alpha value is -3.53. The molecule has 0 fully saturated rings. The number of benzene rings is 2. The van der Waals surface area contributed by atoms with Gasteiger partial charge in [-0.1, -0.05) is 30.5 Å². The average Bonchev–Trinajstić information content (AvgIpc) is 2.74. The fourth-order valence-corrected chi connectivity index (χ4v) is 3.72. The number of alkyl halides is 2. The van der Waals surface area contributed by atoms with Crippen LogP contribution in [0.25, 0.3) is 16.6 Å². The van der Waals surface area contributed by atoms with Crippen molar-refractivity contribution in [2.75, 3.05) is 7.05 Å². The second-order valence-corrected chi connectivity index (χ2v) is 7.58. The summed E-state index contributed by atoms with van der Waals surface area (Å²) in [5, 5.41) is 2.12. The molecule has 0 radical (unpaired) electrons. The van der Waals surface area contributed by atoms with E-state index in [1.165, 1.54) is 13.2 Å². The Balaban J connectivity index is 1.84. The summed E-state index contributed by atoms with van der Waals surface area (Å²) in [5.74, 6) is -1.03. The van der Waals surface area contributed by atoms with Crippen molar-refractivity contribution in [1.82, 2.24) is 9.88 Å². The summed E-state index contributed by atoms with van der Waals surface area (Å²) in [7, 11) is 1.30. The maximum Gasteiger partial charge on any atom is 0.269 e. The van der Waals surface area contributed by atoms with Crippen molar-refractivity contribution >= 4 is 33.7 Å². The Morgan fingerprint density at radius 2 is 2.00 bits per heavy atom. The number of halogens is 3. The van der Waals surface area contributed by atoms with Gasteiger partial charge in [0.1, 0.15) is 16.9 Å². The van der Waals surface area contributed by atoms with E-state index in [-0.39, 0.29) is 21.9 Å². The lowest BCUT2D eigenvalue weighted by Gasteiger charge is -2.23. The number of hydrogen-bond donors (Lipinski definition) is 1. The third-order valence-corrected chi connectivity index (χ3v) is 5.43. The molecule has 1 aromatic heterocycles. The molecule has 0 spiro atoms. The lowest BCUT2D eigenvalue weighted by molar-refractivity contribution is 0.0976. The molecule has 1 aliphatic heterocycles. The monoisotopic (exact) mass is 445 g/mol. The van der Waals surface area contributed by atoms with Crippen LogP contribution in [0.2, 0.25) is 0 Å². The Labute approximate surface area is 178 Å². The van der Waals surface area contributed by atoms with Crippen LogP contribution in [0.5, 0.6) is 11.5 Å². The first-order valence-electron chi connectivity index (χ1n) is 8.89. The summed E-state index contributed by atoms with van der Waals surface area (Å²) < 4.78 is 47.0. The van der Waals surface area contributed by atoms with Crippen molar-refractivity contribution < 1.29 is 22.7 Å². The van der Waals surface area contributed by atoms with Gasteiger partial charge in [-0.3, -0.25) is 14.6 Å². The number of carbonyl (C=O) groups excluding carboxylic acids is 1. The summed E-state index contributed by atoms with van der Waals surface area (Å²) in [6.07, 6.45) is -1.50. The number of nitrogens with zero attached hydrogens (tertiary/aromatic N) is 2. The van der Waals surface area contributed by atoms with Crippen LogP contribution >= 0.6 is 11.8 Å². The van der Waals surface area contributed by atoms with E-state index < -0.39 is 28.5 Å². The Kier molecular flexibility index (Phi) is 5.32. The van der Waals surface area contributed by atoms with Gasteiger partial charge in [-0.2, -0.15) is 0 Å². The molecule has 0 aliphatic carbocycles. The molecular weight excluding hydrogens is 431 g/mol. The Morgan fingerprint density at radius 3 is 2.71 bits per heavy atom. The lowest BCUT2D eigenvalue weighted by Crippen LogP contribution is -2.33. The molecule has 0 unspecified atom stereocenters. The van der Waals surface area contributed by atoms with Gasteiger partial charge < -0.3 is 14.6 Å². The van der Waals surface area contributed by atoms with E-state index in [9.17, 15) is 22.8 Å². The normalized spacial score (nSPS) is 12.5. The number of amidine groups is 1. The smallest absolute Gasteiger partial charge is 0.269 e. The van der Waals surface area contributed by atoms with Gasteiger partial charge in [-0.15, -0.1) is 0 Å². The molecular formula is C21H14F3N3O3S. The molecule has 31 heavy (non-hydrogen) atoms. The number of thioether (sulfide) groups is 1. The van der Waals surface area contributed by atoms with Gasteiger partial charge in [-0.25, -0.2) is 13.2 Å². The topological polar surface area (TPSA) is 72.7 Å². The summed E-state index contributed by atoms with van der Waals surface area (Å²) >= 11 is 0.485. The summed E-state index contributed by atoms with van der Waals surface area (Å²) in [6, 6.07) is 9.04. The van der Waals surface area contributed by atoms with E-state index in [1.54, 1.807) is 28.8 Å². The quantitative estimate of drug-likeness (QED) is 0.373. The summed E-state index contributed by atoms with van der Waals surface area (Å²) in [4.78, 5) is 29.1. The maximum atomic E-state index is 14.2. The van der Waals surface area contributed by atoms with E-state index >= 15 is 0 Å². The molecule has 1 amide bonds. The maximum absolute atomic E-state index is 14.2. The van der Waals surface area contributed by atoms with Gasteiger partial charge >= 0.3 is 0 Å². The highest BCUT2D eigenvalue weighted by atomic mass is 32.2. The minimum Gasteiger partial charge on any atom is -0.453 e. The summed E-state index contributed by atoms with van der Waals surface area (Å²) in [5.41, 5.74) is -0.192. The molecule has 0 saturated carbocycles. The standard InChI is InChI=1S/C21H14F3N3O3S/c1-10(19(23)24)31-21(25-2)26-20(29)13-9-27-14-5-3-4-6-15(14)30-16-8-11(22)7-12(17(16)27)18(13)28/h3-9,19H,1H2,2H3,(H,25,26,29). The lowest BCUT2D eigenvalue weighted by atomic mass is 10.1. The average molecular weight is 445 g/mol. The van der Waals surface area contributed by atoms with Gasteiger partial charge in [0.2, 0.25) is 5.43 Å². The number of para-hydroxylation sites is 2. The molecule has 3 aromatic rings. The number of fused-ring (bicyclic) bond motifs is 2. The van der Waals surface area contributed by atoms with Crippen LogP contribution < -0.4 is 15.5 Å². The fourth-order valence-electron chi connectivity index (χ4n) is 3.14. The predicted octanol–water partition coefficient (Wildman–Crippen LogP) is 4.46. The van der Waals surface area contributed by atoms with Crippen LogP contribution in [0.15, 0.2) is 63.9 Å². The van der Waals surface area contributed by atoms with Gasteiger partial charge in [0.25, 0.3) is 12.3 Å². The fraction of sp³-hybridized carbons (Fsp3) is 0.0952. The van der Waals surface area contributed by atoms with Crippen LogP contribution in [0.3, 0.4) is 0 Å². The van der Waals surface area contributed by atoms with E-state index in [0.29, 0.717) is 28.7 Å². The SMILES string of the molecule is C=C(SC(=NC)NC(=O)c1cn2c3c(cc(F)cc3c1=O)Oc1ccccc1-2)C(F)F. The van der Waals surface area contributed by atoms with Crippen LogP contribution in [0.4, 0.5) is 13.2 Å². The molecule has 1 aliphatic rings. The number of allylic oxidation sites excluding steroid dienone is 1. The zero-order valence-corrected chi connectivity index (χ0v) is 16.8. The number of rotatable bonds is 3. The number of carbonyl (C=O) groups is 1. The van der Waals surface area contributed by atoms with Crippen molar-refractivity contribution in [3.8, 4) is 17.2 Å². The molecule has 4 rings (SSSR count). The number of amides is 1. The Bertz CT molecular complexity index is 1330. The molecule has 0 atom stereocenters. The van der Waals surface area contributed by atoms with Gasteiger partial charge in [0, 0.05) is 19.3 Å². The van der Waals surface area contributed by atoms with Crippen molar-refractivity contribution in [3.63, 3.8) is 0 Å². The highest BCUT2D eigenvalue weighted by molar-refractivity contribution is 8.17. The third-order valence-electron chi connectivity index (χ3n) is 4.51. The number of ether oxygens (including phenoxy) is 1. The van der Waals surface area contributed by atoms with Gasteiger partial charge in [0.05, 0.1) is 16.0 Å². The number of aliphatic imine (C=N–C) groups is 1. The first-order chi connectivity index (χ1) is 14.8. The zero-order valence-electron chi connectivity index (χ0n) is 16.0. The van der Waals surface area contributed by atoms with Crippen molar-refractivity contribution in [2.45, 2.75) is 6.43 Å². The molecule has 158 valence electrons. The molecule has 10 heteroatoms. The van der Waals surface area contributed by atoms with E-state index in [2.05, 4.69) is 16.9 Å². The van der Waals surface area contributed by atoms with Gasteiger partial charge in [-0.05, 0) is 18.2 Å². The second-order valence-electron chi connectivity index (χ2n) is 6.46. The van der Waals surface area contributed by atoms with E-state index in [4.69, 9.17) is 4.74 Å². The van der Waals surface area contributed by atoms with Crippen molar-refractivity contribution in [1.29, 1.82) is 0 Å². The number of pyridine rings is 1. The van der Waals surface area contributed by atoms with Crippen LogP contribution in [0, 0.1) is 5.82 Å². The highest BCUT2D eigenvalue weighted by Crippen LogP contribution is 2.39. The van der Waals surface area contributed by atoms with Crippen molar-refractivity contribution in [2.24, 2.45) is 4.99 Å². The highest BCUT2D eigenvalue weighted by Gasteiger charge is 2.25. The first kappa shape index (κ1) is 20.7. The van der Waals surface area contributed by atoms with Crippen molar-refractivity contribution in [3.05, 3.63) is 75.7 Å². The third kappa shape index (κ3) is 3.70. The van der Waals surface area contributed by atoms with Gasteiger partial charge in [0.15, 0.2) is 16.7 Å².